The maximum absolute atomic E-state index is 13.1. The zero-order valence-electron chi connectivity index (χ0n) is 18.0. The molecule has 1 aliphatic heterocycles. The van der Waals surface area contributed by atoms with Gasteiger partial charge in [0.1, 0.15) is 12.4 Å². The fourth-order valence-corrected chi connectivity index (χ4v) is 5.06. The average Bonchev–Trinajstić information content (AvgIpc) is 3.14. The number of benzene rings is 3. The van der Waals surface area contributed by atoms with Crippen molar-refractivity contribution in [1.82, 2.24) is 5.32 Å². The standard InChI is InChI=1S/C25H19FI2N2O3S/c1-2-32-21-12-16(11-20(28)23(21)33-14-15-3-7-18(27)8-4-15)13-22-24(31)30-25(34-22)29-19-9-5-17(26)6-10-19/h3-13H,2,14H2,1H3,(H,29,30,31)/b22-13+. The fourth-order valence-electron chi connectivity index (χ4n) is 3.08. The summed E-state index contributed by atoms with van der Waals surface area (Å²) in [5.41, 5.74) is 2.44. The van der Waals surface area contributed by atoms with Crippen LogP contribution in [0.15, 0.2) is 70.6 Å². The van der Waals surface area contributed by atoms with Crippen LogP contribution in [0, 0.1) is 13.0 Å². The maximum Gasteiger partial charge on any atom is 0.264 e. The maximum atomic E-state index is 13.1. The Morgan fingerprint density at radius 3 is 2.50 bits per heavy atom. The van der Waals surface area contributed by atoms with Crippen LogP contribution >= 0.6 is 56.9 Å². The summed E-state index contributed by atoms with van der Waals surface area (Å²) in [6, 6.07) is 17.7. The first kappa shape index (κ1) is 25.0. The highest BCUT2D eigenvalue weighted by Crippen LogP contribution is 2.37. The van der Waals surface area contributed by atoms with Crippen LogP contribution in [-0.4, -0.2) is 17.7 Å². The Hall–Kier alpha value is -2.12. The van der Waals surface area contributed by atoms with Crippen LogP contribution in [-0.2, 0) is 11.4 Å². The number of hydrogen-bond acceptors (Lipinski definition) is 5. The molecule has 3 aromatic carbocycles. The fraction of sp³-hybridized carbons (Fsp3) is 0.120. The minimum atomic E-state index is -0.335. The molecule has 1 N–H and O–H groups in total. The van der Waals surface area contributed by atoms with E-state index in [1.54, 1.807) is 18.2 Å². The molecule has 0 aliphatic carbocycles. The minimum Gasteiger partial charge on any atom is -0.490 e. The predicted octanol–water partition coefficient (Wildman–Crippen LogP) is 6.90. The van der Waals surface area contributed by atoms with Gasteiger partial charge in [-0.2, -0.15) is 0 Å². The molecule has 34 heavy (non-hydrogen) atoms. The Morgan fingerprint density at radius 2 is 1.79 bits per heavy atom. The van der Waals surface area contributed by atoms with Gasteiger partial charge in [-0.15, -0.1) is 0 Å². The van der Waals surface area contributed by atoms with Crippen LogP contribution in [0.4, 0.5) is 10.1 Å². The topological polar surface area (TPSA) is 59.9 Å². The normalized spacial score (nSPS) is 15.6. The highest BCUT2D eigenvalue weighted by atomic mass is 127. The monoisotopic (exact) mass is 700 g/mol. The van der Waals surface area contributed by atoms with Crippen molar-refractivity contribution in [3.8, 4) is 11.5 Å². The molecule has 1 aliphatic rings. The van der Waals surface area contributed by atoms with E-state index in [-0.39, 0.29) is 11.7 Å². The van der Waals surface area contributed by atoms with Gasteiger partial charge in [0.2, 0.25) is 0 Å². The summed E-state index contributed by atoms with van der Waals surface area (Å²) < 4.78 is 27.1. The first-order chi connectivity index (χ1) is 16.4. The molecule has 0 saturated carbocycles. The molecule has 174 valence electrons. The van der Waals surface area contributed by atoms with Crippen molar-refractivity contribution < 1.29 is 18.7 Å². The number of nitrogens with zero attached hydrogens (tertiary/aromatic N) is 1. The van der Waals surface area contributed by atoms with Crippen LogP contribution in [0.5, 0.6) is 11.5 Å². The number of nitrogens with one attached hydrogen (secondary N) is 1. The first-order valence-corrected chi connectivity index (χ1v) is 13.3. The number of carbonyl (C=O) groups is 1. The van der Waals surface area contributed by atoms with Gasteiger partial charge in [0, 0.05) is 3.57 Å². The van der Waals surface area contributed by atoms with E-state index >= 15 is 0 Å². The van der Waals surface area contributed by atoms with Gasteiger partial charge in [-0.25, -0.2) is 9.38 Å². The zero-order chi connectivity index (χ0) is 24.1. The number of rotatable bonds is 7. The molecule has 0 spiro atoms. The highest BCUT2D eigenvalue weighted by Gasteiger charge is 2.24. The van der Waals surface area contributed by atoms with Crippen LogP contribution in [0.2, 0.25) is 0 Å². The molecule has 9 heteroatoms. The van der Waals surface area contributed by atoms with E-state index in [0.717, 1.165) is 14.7 Å². The third-order valence-corrected chi connectivity index (χ3v) is 7.06. The summed E-state index contributed by atoms with van der Waals surface area (Å²) in [6.45, 7) is 2.83. The molecule has 0 radical (unpaired) electrons. The van der Waals surface area contributed by atoms with Crippen molar-refractivity contribution in [1.29, 1.82) is 0 Å². The van der Waals surface area contributed by atoms with E-state index < -0.39 is 0 Å². The summed E-state index contributed by atoms with van der Waals surface area (Å²) in [7, 11) is 0. The lowest BCUT2D eigenvalue weighted by Crippen LogP contribution is -2.19. The molecule has 1 fully saturated rings. The van der Waals surface area contributed by atoms with Gasteiger partial charge in [-0.05, 0) is 130 Å². The summed E-state index contributed by atoms with van der Waals surface area (Å²) >= 11 is 5.72. The van der Waals surface area contributed by atoms with E-state index in [0.29, 0.717) is 40.5 Å². The van der Waals surface area contributed by atoms with E-state index in [2.05, 4.69) is 55.5 Å². The van der Waals surface area contributed by atoms with E-state index in [1.807, 2.05) is 43.3 Å². The van der Waals surface area contributed by atoms with Gasteiger partial charge < -0.3 is 14.8 Å². The smallest absolute Gasteiger partial charge is 0.264 e. The van der Waals surface area contributed by atoms with Gasteiger partial charge in [0.05, 0.1) is 20.8 Å². The molecular weight excluding hydrogens is 681 g/mol. The Morgan fingerprint density at radius 1 is 1.06 bits per heavy atom. The van der Waals surface area contributed by atoms with Gasteiger partial charge in [-0.3, -0.25) is 4.79 Å². The molecule has 0 aromatic heterocycles. The van der Waals surface area contributed by atoms with Crippen molar-refractivity contribution in [2.24, 2.45) is 4.99 Å². The Kier molecular flexibility index (Phi) is 8.48. The molecule has 0 bridgehead atoms. The van der Waals surface area contributed by atoms with Crippen molar-refractivity contribution in [2.45, 2.75) is 13.5 Å². The lowest BCUT2D eigenvalue weighted by molar-refractivity contribution is -0.115. The number of carbonyl (C=O) groups excluding carboxylic acids is 1. The number of halogens is 3. The van der Waals surface area contributed by atoms with E-state index in [4.69, 9.17) is 9.47 Å². The summed E-state index contributed by atoms with van der Waals surface area (Å²) in [4.78, 5) is 17.4. The van der Waals surface area contributed by atoms with Crippen molar-refractivity contribution in [3.63, 3.8) is 0 Å². The summed E-state index contributed by atoms with van der Waals surface area (Å²) in [6.07, 6.45) is 1.79. The molecule has 0 unspecified atom stereocenters. The Labute approximate surface area is 228 Å². The summed E-state index contributed by atoms with van der Waals surface area (Å²) in [5, 5.41) is 3.19. The SMILES string of the molecule is CCOc1cc(/C=C2/SC(=Nc3ccc(F)cc3)NC2=O)cc(I)c1OCc1ccc(I)cc1. The predicted molar refractivity (Wildman–Crippen MR) is 151 cm³/mol. The molecule has 1 saturated heterocycles. The van der Waals surface area contributed by atoms with Crippen LogP contribution < -0.4 is 14.8 Å². The zero-order valence-corrected chi connectivity index (χ0v) is 23.1. The number of amides is 1. The minimum absolute atomic E-state index is 0.238. The largest absolute Gasteiger partial charge is 0.490 e. The van der Waals surface area contributed by atoms with Gasteiger partial charge in [0.15, 0.2) is 16.7 Å². The molecule has 5 nitrogen and oxygen atoms in total. The van der Waals surface area contributed by atoms with Gasteiger partial charge in [-0.1, -0.05) is 12.1 Å². The Balaban J connectivity index is 1.54. The lowest BCUT2D eigenvalue weighted by Gasteiger charge is -2.15. The van der Waals surface area contributed by atoms with Gasteiger partial charge in [0.25, 0.3) is 5.91 Å². The quantitative estimate of drug-likeness (QED) is 0.215. The summed E-state index contributed by atoms with van der Waals surface area (Å²) in [5.74, 6) is 0.719. The Bertz CT molecular complexity index is 1260. The molecule has 0 atom stereocenters. The molecule has 3 aromatic rings. The number of thioether (sulfide) groups is 1. The second-order valence-corrected chi connectivity index (χ2v) is 10.6. The molecular formula is C25H19FI2N2O3S. The third kappa shape index (κ3) is 6.51. The third-order valence-electron chi connectivity index (χ3n) is 4.63. The number of aliphatic imine (C=N–C) groups is 1. The molecule has 1 heterocycles. The van der Waals surface area contributed by atoms with Crippen molar-refractivity contribution in [2.75, 3.05) is 6.61 Å². The van der Waals surface area contributed by atoms with Crippen molar-refractivity contribution >= 4 is 79.8 Å². The molecule has 4 rings (SSSR count). The number of amidine groups is 1. The van der Waals surface area contributed by atoms with Crippen LogP contribution in [0.25, 0.3) is 6.08 Å². The first-order valence-electron chi connectivity index (χ1n) is 10.3. The van der Waals surface area contributed by atoms with Crippen LogP contribution in [0.1, 0.15) is 18.1 Å². The van der Waals surface area contributed by atoms with Gasteiger partial charge >= 0.3 is 0 Å². The highest BCUT2D eigenvalue weighted by molar-refractivity contribution is 14.1. The lowest BCUT2D eigenvalue weighted by atomic mass is 10.2. The number of hydrogen-bond donors (Lipinski definition) is 1. The molecule has 1 amide bonds. The number of ether oxygens (including phenoxy) is 2. The second kappa shape index (κ2) is 11.5. The van der Waals surface area contributed by atoms with E-state index in [1.165, 1.54) is 27.5 Å². The van der Waals surface area contributed by atoms with Crippen molar-refractivity contribution in [3.05, 3.63) is 89.7 Å². The second-order valence-electron chi connectivity index (χ2n) is 7.14. The van der Waals surface area contributed by atoms with E-state index in [9.17, 15) is 9.18 Å². The average molecular weight is 700 g/mol. The van der Waals surface area contributed by atoms with Crippen LogP contribution in [0.3, 0.4) is 0 Å².